The SMILES string of the molecule is CC(N/C=C(/C#N)C(=O)N1CCC(C(=O)O)CC1)c1ccc2c(c1)CCCC2. The van der Waals surface area contributed by atoms with Crippen molar-refractivity contribution in [3.8, 4) is 6.07 Å². The van der Waals surface area contributed by atoms with Crippen LogP contribution in [0.4, 0.5) is 0 Å². The number of rotatable bonds is 5. The number of likely N-dealkylation sites (tertiary alicyclic amines) is 1. The van der Waals surface area contributed by atoms with Gasteiger partial charge in [0.15, 0.2) is 0 Å². The van der Waals surface area contributed by atoms with E-state index in [0.29, 0.717) is 25.9 Å². The van der Waals surface area contributed by atoms with Gasteiger partial charge >= 0.3 is 5.97 Å². The first kappa shape index (κ1) is 19.9. The second-order valence-electron chi connectivity index (χ2n) is 7.70. The van der Waals surface area contributed by atoms with Crippen molar-refractivity contribution in [1.82, 2.24) is 10.2 Å². The zero-order valence-electron chi connectivity index (χ0n) is 16.3. The molecule has 0 radical (unpaired) electrons. The maximum atomic E-state index is 12.6. The molecule has 6 nitrogen and oxygen atoms in total. The van der Waals surface area contributed by atoms with E-state index >= 15 is 0 Å². The van der Waals surface area contributed by atoms with Gasteiger partial charge in [0.05, 0.1) is 5.92 Å². The number of carboxylic acid groups (broad SMARTS) is 1. The molecule has 0 bridgehead atoms. The molecule has 1 saturated heterocycles. The number of piperidine rings is 1. The lowest BCUT2D eigenvalue weighted by molar-refractivity contribution is -0.145. The Morgan fingerprint density at radius 2 is 1.93 bits per heavy atom. The van der Waals surface area contributed by atoms with E-state index in [1.807, 2.05) is 13.0 Å². The highest BCUT2D eigenvalue weighted by Crippen LogP contribution is 2.25. The molecule has 0 spiro atoms. The Morgan fingerprint density at radius 1 is 1.25 bits per heavy atom. The Bertz CT molecular complexity index is 817. The monoisotopic (exact) mass is 381 g/mol. The number of carboxylic acids is 1. The summed E-state index contributed by atoms with van der Waals surface area (Å²) in [7, 11) is 0. The fourth-order valence-corrected chi connectivity index (χ4v) is 3.97. The van der Waals surface area contributed by atoms with E-state index in [9.17, 15) is 14.9 Å². The summed E-state index contributed by atoms with van der Waals surface area (Å²) in [6.07, 6.45) is 7.08. The molecule has 1 aliphatic heterocycles. The molecular formula is C22H27N3O3. The van der Waals surface area contributed by atoms with E-state index in [0.717, 1.165) is 18.4 Å². The van der Waals surface area contributed by atoms with Crippen LogP contribution < -0.4 is 5.32 Å². The predicted octanol–water partition coefficient (Wildman–Crippen LogP) is 2.95. The van der Waals surface area contributed by atoms with Crippen molar-refractivity contribution in [2.45, 2.75) is 51.5 Å². The first-order chi connectivity index (χ1) is 13.5. The van der Waals surface area contributed by atoms with Gasteiger partial charge in [-0.2, -0.15) is 5.26 Å². The maximum absolute atomic E-state index is 12.6. The van der Waals surface area contributed by atoms with Crippen molar-refractivity contribution >= 4 is 11.9 Å². The largest absolute Gasteiger partial charge is 0.481 e. The number of carbonyl (C=O) groups excluding carboxylic acids is 1. The lowest BCUT2D eigenvalue weighted by Gasteiger charge is -2.30. The number of aryl methyl sites for hydroxylation is 2. The number of nitriles is 1. The summed E-state index contributed by atoms with van der Waals surface area (Å²) in [5.74, 6) is -1.55. The van der Waals surface area contributed by atoms with E-state index < -0.39 is 11.9 Å². The number of nitrogens with one attached hydrogen (secondary N) is 1. The summed E-state index contributed by atoms with van der Waals surface area (Å²) in [5, 5.41) is 21.7. The van der Waals surface area contributed by atoms with Gasteiger partial charge in [-0.25, -0.2) is 0 Å². The molecule has 3 rings (SSSR count). The zero-order chi connectivity index (χ0) is 20.1. The van der Waals surface area contributed by atoms with Gasteiger partial charge in [0.1, 0.15) is 11.6 Å². The Hall–Kier alpha value is -2.81. The second-order valence-corrected chi connectivity index (χ2v) is 7.70. The third kappa shape index (κ3) is 4.53. The molecule has 1 fully saturated rings. The highest BCUT2D eigenvalue weighted by Gasteiger charge is 2.28. The summed E-state index contributed by atoms with van der Waals surface area (Å²) in [5.41, 5.74) is 4.03. The summed E-state index contributed by atoms with van der Waals surface area (Å²) in [6.45, 7) is 2.75. The molecule has 1 heterocycles. The molecular weight excluding hydrogens is 354 g/mol. The van der Waals surface area contributed by atoms with Crippen LogP contribution in [0.1, 0.15) is 55.3 Å². The number of hydrogen-bond acceptors (Lipinski definition) is 4. The van der Waals surface area contributed by atoms with E-state index in [-0.39, 0.29) is 17.5 Å². The van der Waals surface area contributed by atoms with E-state index in [1.54, 1.807) is 4.90 Å². The van der Waals surface area contributed by atoms with Gasteiger partial charge in [0, 0.05) is 25.3 Å². The molecule has 2 N–H and O–H groups in total. The molecule has 6 heteroatoms. The molecule has 2 aliphatic rings. The second kappa shape index (κ2) is 8.92. The number of hydrogen-bond donors (Lipinski definition) is 2. The number of fused-ring (bicyclic) bond motifs is 1. The lowest BCUT2D eigenvalue weighted by Crippen LogP contribution is -2.41. The fraction of sp³-hybridized carbons (Fsp3) is 0.500. The minimum Gasteiger partial charge on any atom is -0.481 e. The van der Waals surface area contributed by atoms with Crippen molar-refractivity contribution in [1.29, 1.82) is 5.26 Å². The molecule has 28 heavy (non-hydrogen) atoms. The standard InChI is InChI=1S/C22H27N3O3/c1-15(18-7-6-16-4-2-3-5-19(16)12-18)24-14-20(13-23)21(26)25-10-8-17(9-11-25)22(27)28/h6-7,12,14-15,17,24H,2-5,8-11H2,1H3,(H,27,28)/b20-14-. The van der Waals surface area contributed by atoms with Gasteiger partial charge in [-0.05, 0) is 62.1 Å². The average molecular weight is 381 g/mol. The first-order valence-electron chi connectivity index (χ1n) is 9.99. The van der Waals surface area contributed by atoms with Gasteiger partial charge < -0.3 is 15.3 Å². The molecule has 148 valence electrons. The molecule has 1 atom stereocenters. The smallest absolute Gasteiger partial charge is 0.306 e. The van der Waals surface area contributed by atoms with Crippen LogP contribution >= 0.6 is 0 Å². The van der Waals surface area contributed by atoms with Gasteiger partial charge in [-0.1, -0.05) is 18.2 Å². The summed E-state index contributed by atoms with van der Waals surface area (Å²) in [6, 6.07) is 8.50. The van der Waals surface area contributed by atoms with Crippen molar-refractivity contribution in [3.05, 3.63) is 46.7 Å². The number of nitrogens with zero attached hydrogens (tertiary/aromatic N) is 2. The molecule has 0 saturated carbocycles. The summed E-state index contributed by atoms with van der Waals surface area (Å²) >= 11 is 0. The summed E-state index contributed by atoms with van der Waals surface area (Å²) in [4.78, 5) is 25.2. The number of carbonyl (C=O) groups is 2. The van der Waals surface area contributed by atoms with Crippen molar-refractivity contribution in [2.24, 2.45) is 5.92 Å². The number of benzene rings is 1. The number of aliphatic carboxylic acids is 1. The van der Waals surface area contributed by atoms with Crippen LogP contribution in [-0.4, -0.2) is 35.0 Å². The van der Waals surface area contributed by atoms with Gasteiger partial charge in [0.2, 0.25) is 0 Å². The first-order valence-corrected chi connectivity index (χ1v) is 9.99. The Balaban J connectivity index is 1.62. The predicted molar refractivity (Wildman–Crippen MR) is 105 cm³/mol. The van der Waals surface area contributed by atoms with Crippen LogP contribution in [0.5, 0.6) is 0 Å². The zero-order valence-corrected chi connectivity index (χ0v) is 16.3. The fourth-order valence-electron chi connectivity index (χ4n) is 3.97. The topological polar surface area (TPSA) is 93.4 Å². The average Bonchev–Trinajstić information content (AvgIpc) is 2.73. The highest BCUT2D eigenvalue weighted by atomic mass is 16.4. The van der Waals surface area contributed by atoms with Crippen molar-refractivity contribution < 1.29 is 14.7 Å². The molecule has 0 aromatic heterocycles. The minimum absolute atomic E-state index is 0.0128. The minimum atomic E-state index is -0.816. The van der Waals surface area contributed by atoms with Crippen molar-refractivity contribution in [3.63, 3.8) is 0 Å². The molecule has 1 amide bonds. The highest BCUT2D eigenvalue weighted by molar-refractivity contribution is 5.97. The van der Waals surface area contributed by atoms with Crippen LogP contribution in [0.2, 0.25) is 0 Å². The molecule has 1 aliphatic carbocycles. The van der Waals surface area contributed by atoms with Crippen LogP contribution in [0, 0.1) is 17.2 Å². The van der Waals surface area contributed by atoms with Crippen molar-refractivity contribution in [2.75, 3.05) is 13.1 Å². The van der Waals surface area contributed by atoms with Crippen LogP contribution in [-0.2, 0) is 22.4 Å². The lowest BCUT2D eigenvalue weighted by atomic mass is 9.89. The van der Waals surface area contributed by atoms with Crippen LogP contribution in [0.25, 0.3) is 0 Å². The molecule has 1 aromatic carbocycles. The molecule has 1 aromatic rings. The Morgan fingerprint density at radius 3 is 2.57 bits per heavy atom. The normalized spacial score (nSPS) is 18.7. The Kier molecular flexibility index (Phi) is 6.35. The van der Waals surface area contributed by atoms with Gasteiger partial charge in [-0.15, -0.1) is 0 Å². The molecule has 1 unspecified atom stereocenters. The quantitative estimate of drug-likeness (QED) is 0.604. The van der Waals surface area contributed by atoms with Crippen LogP contribution in [0.3, 0.4) is 0 Å². The van der Waals surface area contributed by atoms with Gasteiger partial charge in [0.25, 0.3) is 5.91 Å². The summed E-state index contributed by atoms with van der Waals surface area (Å²) < 4.78 is 0. The van der Waals surface area contributed by atoms with E-state index in [4.69, 9.17) is 5.11 Å². The van der Waals surface area contributed by atoms with E-state index in [1.165, 1.54) is 30.2 Å². The maximum Gasteiger partial charge on any atom is 0.306 e. The number of amides is 1. The van der Waals surface area contributed by atoms with E-state index in [2.05, 4.69) is 23.5 Å². The Labute approximate surface area is 165 Å². The third-order valence-corrected chi connectivity index (χ3v) is 5.83. The third-order valence-electron chi connectivity index (χ3n) is 5.83. The van der Waals surface area contributed by atoms with Gasteiger partial charge in [-0.3, -0.25) is 9.59 Å². The van der Waals surface area contributed by atoms with Crippen LogP contribution in [0.15, 0.2) is 30.0 Å².